The Balaban J connectivity index is 4.13. The van der Waals surface area contributed by atoms with Crippen molar-refractivity contribution >= 4 is 19.8 Å². The molecule has 3 atom stereocenters. The molecule has 0 heterocycles. The summed E-state index contributed by atoms with van der Waals surface area (Å²) < 4.78 is 33.4. The van der Waals surface area contributed by atoms with Gasteiger partial charge in [0.2, 0.25) is 0 Å². The van der Waals surface area contributed by atoms with E-state index in [2.05, 4.69) is 13.8 Å². The highest BCUT2D eigenvalue weighted by Gasteiger charge is 2.27. The lowest BCUT2D eigenvalue weighted by Crippen LogP contribution is -2.34. The van der Waals surface area contributed by atoms with Crippen LogP contribution in [-0.4, -0.2) is 60.5 Å². The predicted molar refractivity (Wildman–Crippen MR) is 231 cm³/mol. The van der Waals surface area contributed by atoms with Crippen LogP contribution in [0.25, 0.3) is 0 Å². The number of nitrogens with two attached hydrogens (primary N) is 1. The molecular formula is C45H90NO9P. The van der Waals surface area contributed by atoms with Crippen molar-refractivity contribution in [1.29, 1.82) is 0 Å². The standard InChI is InChI=1S/C45H90NO9P/c1-3-5-7-9-11-13-15-17-19-21-22-24-26-28-30-32-34-36-38-52-39-42(40-53-56(50,51)54-41-43(46)45(48)49)55-44(47)37-35-33-31-29-27-25-23-20-18-16-14-12-10-8-6-4-2/h42-43H,3-41,46H2,1-2H3,(H,48,49)(H,50,51). The first-order valence-electron chi connectivity index (χ1n) is 23.6. The van der Waals surface area contributed by atoms with E-state index in [4.69, 9.17) is 29.4 Å². The summed E-state index contributed by atoms with van der Waals surface area (Å²) in [5, 5.41) is 8.90. The van der Waals surface area contributed by atoms with Gasteiger partial charge in [0, 0.05) is 13.0 Å². The summed E-state index contributed by atoms with van der Waals surface area (Å²) in [5.41, 5.74) is 5.36. The van der Waals surface area contributed by atoms with Gasteiger partial charge >= 0.3 is 19.8 Å². The van der Waals surface area contributed by atoms with Crippen molar-refractivity contribution in [3.8, 4) is 0 Å². The third-order valence-corrected chi connectivity index (χ3v) is 11.6. The summed E-state index contributed by atoms with van der Waals surface area (Å²) >= 11 is 0. The molecule has 0 amide bonds. The van der Waals surface area contributed by atoms with Crippen LogP contribution in [0, 0.1) is 0 Å². The first-order chi connectivity index (χ1) is 27.2. The van der Waals surface area contributed by atoms with Gasteiger partial charge in [-0.3, -0.25) is 18.6 Å². The van der Waals surface area contributed by atoms with E-state index in [1.54, 1.807) is 0 Å². The number of esters is 1. The number of unbranched alkanes of at least 4 members (excludes halogenated alkanes) is 32. The molecule has 11 heteroatoms. The SMILES string of the molecule is CCCCCCCCCCCCCCCCCCCCOCC(COP(=O)(O)OCC(N)C(=O)O)OC(=O)CCCCCCCCCCCCCCCCCC. The minimum absolute atomic E-state index is 0.0261. The largest absolute Gasteiger partial charge is 0.480 e. The monoisotopic (exact) mass is 820 g/mol. The second-order valence-corrected chi connectivity index (χ2v) is 17.7. The fourth-order valence-corrected chi connectivity index (χ4v) is 7.74. The van der Waals surface area contributed by atoms with Gasteiger partial charge in [0.1, 0.15) is 12.1 Å². The van der Waals surface area contributed by atoms with E-state index >= 15 is 0 Å². The molecule has 56 heavy (non-hydrogen) atoms. The normalized spacial score (nSPS) is 13.8. The topological polar surface area (TPSA) is 155 Å². The number of aliphatic carboxylic acids is 1. The van der Waals surface area contributed by atoms with Crippen LogP contribution in [0.4, 0.5) is 0 Å². The minimum atomic E-state index is -4.61. The van der Waals surface area contributed by atoms with Crippen LogP contribution in [-0.2, 0) is 32.7 Å². The van der Waals surface area contributed by atoms with Crippen molar-refractivity contribution in [3.63, 3.8) is 0 Å². The Labute approximate surface area is 344 Å². The molecule has 0 radical (unpaired) electrons. The van der Waals surface area contributed by atoms with Crippen LogP contribution in [0.5, 0.6) is 0 Å². The molecule has 0 aromatic rings. The number of phosphoric acid groups is 1. The minimum Gasteiger partial charge on any atom is -0.480 e. The summed E-state index contributed by atoms with van der Waals surface area (Å²) in [6, 6.07) is -1.47. The lowest BCUT2D eigenvalue weighted by molar-refractivity contribution is -0.154. The molecule has 0 aliphatic heterocycles. The average Bonchev–Trinajstić information content (AvgIpc) is 3.18. The highest BCUT2D eigenvalue weighted by molar-refractivity contribution is 7.47. The second kappa shape index (κ2) is 42.1. The van der Waals surface area contributed by atoms with Crippen molar-refractivity contribution in [3.05, 3.63) is 0 Å². The van der Waals surface area contributed by atoms with Gasteiger partial charge in [-0.25, -0.2) is 4.57 Å². The average molecular weight is 820 g/mol. The number of carbonyl (C=O) groups excluding carboxylic acids is 1. The number of phosphoric ester groups is 1. The number of ether oxygens (including phenoxy) is 2. The fraction of sp³-hybridized carbons (Fsp3) is 0.956. The molecule has 0 bridgehead atoms. The second-order valence-electron chi connectivity index (χ2n) is 16.3. The number of hydrogen-bond acceptors (Lipinski definition) is 8. The molecule has 0 rings (SSSR count). The quantitative estimate of drug-likeness (QED) is 0.0307. The highest BCUT2D eigenvalue weighted by atomic mass is 31.2. The molecule has 3 unspecified atom stereocenters. The Morgan fingerprint density at radius 2 is 0.821 bits per heavy atom. The van der Waals surface area contributed by atoms with Gasteiger partial charge in [-0.05, 0) is 12.8 Å². The zero-order valence-corrected chi connectivity index (χ0v) is 37.4. The number of carboxylic acid groups (broad SMARTS) is 1. The molecule has 0 fully saturated rings. The van der Waals surface area contributed by atoms with Crippen molar-refractivity contribution < 1.29 is 42.7 Å². The van der Waals surface area contributed by atoms with Crippen molar-refractivity contribution in [1.82, 2.24) is 0 Å². The van der Waals surface area contributed by atoms with Crippen molar-refractivity contribution in [2.75, 3.05) is 26.4 Å². The molecule has 0 spiro atoms. The summed E-state index contributed by atoms with van der Waals surface area (Å²) in [4.78, 5) is 33.6. The summed E-state index contributed by atoms with van der Waals surface area (Å²) in [5.74, 6) is -1.76. The van der Waals surface area contributed by atoms with Gasteiger partial charge in [0.15, 0.2) is 0 Å². The van der Waals surface area contributed by atoms with E-state index in [0.717, 1.165) is 38.5 Å². The lowest BCUT2D eigenvalue weighted by Gasteiger charge is -2.20. The number of carbonyl (C=O) groups is 2. The van der Waals surface area contributed by atoms with E-state index in [1.807, 2.05) is 0 Å². The van der Waals surface area contributed by atoms with Crippen LogP contribution >= 0.6 is 7.82 Å². The maximum atomic E-state index is 12.6. The van der Waals surface area contributed by atoms with E-state index in [9.17, 15) is 19.0 Å². The number of rotatable bonds is 46. The zero-order chi connectivity index (χ0) is 41.2. The van der Waals surface area contributed by atoms with Gasteiger partial charge in [0.25, 0.3) is 0 Å². The molecule has 0 aliphatic carbocycles. The van der Waals surface area contributed by atoms with E-state index in [1.165, 1.54) is 180 Å². The Hall–Kier alpha value is -1.03. The van der Waals surface area contributed by atoms with Crippen LogP contribution in [0.15, 0.2) is 0 Å². The molecule has 4 N–H and O–H groups in total. The van der Waals surface area contributed by atoms with Crippen LogP contribution in [0.2, 0.25) is 0 Å². The van der Waals surface area contributed by atoms with E-state index in [0.29, 0.717) is 6.61 Å². The Morgan fingerprint density at radius 3 is 1.18 bits per heavy atom. The highest BCUT2D eigenvalue weighted by Crippen LogP contribution is 2.43. The maximum Gasteiger partial charge on any atom is 0.472 e. The Morgan fingerprint density at radius 1 is 0.500 bits per heavy atom. The Bertz CT molecular complexity index is 909. The van der Waals surface area contributed by atoms with E-state index < -0.39 is 45.1 Å². The molecule has 0 aliphatic rings. The molecule has 334 valence electrons. The van der Waals surface area contributed by atoms with Crippen molar-refractivity contribution in [2.24, 2.45) is 5.73 Å². The zero-order valence-electron chi connectivity index (χ0n) is 36.5. The molecular weight excluding hydrogens is 729 g/mol. The first kappa shape index (κ1) is 55.0. The number of hydrogen-bond donors (Lipinski definition) is 3. The summed E-state index contributed by atoms with van der Waals surface area (Å²) in [6.07, 6.45) is 42.9. The molecule has 10 nitrogen and oxygen atoms in total. The molecule has 0 aromatic heterocycles. The van der Waals surface area contributed by atoms with Gasteiger partial charge < -0.3 is 25.2 Å². The summed E-state index contributed by atoms with van der Waals surface area (Å²) in [7, 11) is -4.61. The maximum absolute atomic E-state index is 12.6. The van der Waals surface area contributed by atoms with Gasteiger partial charge in [-0.2, -0.15) is 0 Å². The first-order valence-corrected chi connectivity index (χ1v) is 25.1. The van der Waals surface area contributed by atoms with Gasteiger partial charge in [-0.15, -0.1) is 0 Å². The lowest BCUT2D eigenvalue weighted by atomic mass is 10.0. The third kappa shape index (κ3) is 41.1. The summed E-state index contributed by atoms with van der Waals surface area (Å²) in [6.45, 7) is 3.94. The van der Waals surface area contributed by atoms with Crippen LogP contribution in [0.3, 0.4) is 0 Å². The predicted octanol–water partition coefficient (Wildman–Crippen LogP) is 13.2. The Kier molecular flexibility index (Phi) is 41.3. The molecule has 0 saturated carbocycles. The van der Waals surface area contributed by atoms with Crippen LogP contribution in [0.1, 0.15) is 239 Å². The van der Waals surface area contributed by atoms with Crippen LogP contribution < -0.4 is 5.73 Å². The van der Waals surface area contributed by atoms with Crippen molar-refractivity contribution in [2.45, 2.75) is 251 Å². The smallest absolute Gasteiger partial charge is 0.472 e. The fourth-order valence-electron chi connectivity index (χ4n) is 6.96. The molecule has 0 saturated heterocycles. The van der Waals surface area contributed by atoms with E-state index in [-0.39, 0.29) is 13.0 Å². The third-order valence-electron chi connectivity index (χ3n) is 10.6. The van der Waals surface area contributed by atoms with Gasteiger partial charge in [0.05, 0.1) is 19.8 Å². The van der Waals surface area contributed by atoms with Gasteiger partial charge in [-0.1, -0.05) is 219 Å². The number of carboxylic acids is 1. The molecule has 0 aromatic carbocycles.